The van der Waals surface area contributed by atoms with Crippen LogP contribution in [0.3, 0.4) is 0 Å². The number of fused-ring (bicyclic) bond motifs is 1. The van der Waals surface area contributed by atoms with Gasteiger partial charge < -0.3 is 5.32 Å². The van der Waals surface area contributed by atoms with Crippen molar-refractivity contribution in [1.29, 1.82) is 0 Å². The number of imidazole rings is 1. The van der Waals surface area contributed by atoms with Gasteiger partial charge in [-0.2, -0.15) is 5.10 Å². The number of hydrogen-bond acceptors (Lipinski definition) is 6. The number of nitrogens with one attached hydrogen (secondary N) is 1. The topological polar surface area (TPSA) is 94.2 Å². The summed E-state index contributed by atoms with van der Waals surface area (Å²) in [5.74, 6) is -0.332. The normalized spacial score (nSPS) is 12.0. The third kappa shape index (κ3) is 3.81. The Morgan fingerprint density at radius 1 is 1.00 bits per heavy atom. The average Bonchev–Trinajstić information content (AvgIpc) is 3.43. The molecular weight excluding hydrogens is 424 g/mol. The van der Waals surface area contributed by atoms with Gasteiger partial charge in [0.2, 0.25) is 5.91 Å². The van der Waals surface area contributed by atoms with E-state index in [0.29, 0.717) is 11.4 Å². The summed E-state index contributed by atoms with van der Waals surface area (Å²) in [4.78, 5) is 34.7. The highest BCUT2D eigenvalue weighted by Crippen LogP contribution is 2.23. The maximum atomic E-state index is 12.8. The summed E-state index contributed by atoms with van der Waals surface area (Å²) >= 11 is 1.57. The van der Waals surface area contributed by atoms with E-state index in [1.807, 2.05) is 46.4 Å². The summed E-state index contributed by atoms with van der Waals surface area (Å²) in [5, 5.41) is 9.22. The lowest BCUT2D eigenvalue weighted by Gasteiger charge is -2.15. The fourth-order valence-electron chi connectivity index (χ4n) is 3.33. The molecule has 1 aromatic carbocycles. The molecule has 0 spiro atoms. The monoisotopic (exact) mass is 442 g/mol. The molecule has 0 saturated heterocycles. The standard InChI is InChI=1S/C23H18N6O2S/c1-15(29-21(30)7-6-19(27-29)17-8-10-24-11-9-17)22(31)25-18-4-2-16(3-5-18)20-14-28-12-13-32-23(28)26-20/h2-15H,1H3,(H,25,31). The van der Waals surface area contributed by atoms with E-state index in [-0.39, 0.29) is 11.5 Å². The number of thiazole rings is 1. The van der Waals surface area contributed by atoms with Gasteiger partial charge in [0.05, 0.1) is 11.4 Å². The van der Waals surface area contributed by atoms with Gasteiger partial charge in [0.1, 0.15) is 6.04 Å². The molecule has 0 saturated carbocycles. The lowest BCUT2D eigenvalue weighted by molar-refractivity contribution is -0.119. The Bertz CT molecular complexity index is 1420. The molecular formula is C23H18N6O2S. The van der Waals surface area contributed by atoms with Crippen LogP contribution in [0.5, 0.6) is 0 Å². The van der Waals surface area contributed by atoms with E-state index in [4.69, 9.17) is 0 Å². The molecule has 158 valence electrons. The van der Waals surface area contributed by atoms with Crippen molar-refractivity contribution in [2.45, 2.75) is 13.0 Å². The van der Waals surface area contributed by atoms with Crippen molar-refractivity contribution in [3.63, 3.8) is 0 Å². The zero-order valence-electron chi connectivity index (χ0n) is 17.0. The third-order valence-electron chi connectivity index (χ3n) is 5.09. The van der Waals surface area contributed by atoms with E-state index >= 15 is 0 Å². The number of amides is 1. The smallest absolute Gasteiger partial charge is 0.267 e. The number of benzene rings is 1. The molecule has 0 aliphatic rings. The molecule has 0 fully saturated rings. The van der Waals surface area contributed by atoms with Gasteiger partial charge in [0.25, 0.3) is 5.56 Å². The van der Waals surface area contributed by atoms with Crippen molar-refractivity contribution in [3.05, 3.63) is 89.1 Å². The zero-order valence-corrected chi connectivity index (χ0v) is 17.9. The van der Waals surface area contributed by atoms with Crippen LogP contribution < -0.4 is 10.9 Å². The fraction of sp³-hybridized carbons (Fsp3) is 0.0870. The molecule has 0 radical (unpaired) electrons. The number of carbonyl (C=O) groups is 1. The van der Waals surface area contributed by atoms with Gasteiger partial charge in [-0.3, -0.25) is 19.0 Å². The van der Waals surface area contributed by atoms with Gasteiger partial charge in [-0.1, -0.05) is 12.1 Å². The number of anilines is 1. The minimum absolute atomic E-state index is 0.332. The molecule has 4 aromatic heterocycles. The van der Waals surface area contributed by atoms with Gasteiger partial charge in [-0.25, -0.2) is 9.67 Å². The first-order valence-corrected chi connectivity index (χ1v) is 10.8. The largest absolute Gasteiger partial charge is 0.324 e. The van der Waals surface area contributed by atoms with E-state index in [9.17, 15) is 9.59 Å². The Kier molecular flexibility index (Phi) is 5.08. The number of nitrogens with zero attached hydrogens (tertiary/aromatic N) is 5. The van der Waals surface area contributed by atoms with Gasteiger partial charge in [0.15, 0.2) is 4.96 Å². The molecule has 5 rings (SSSR count). The third-order valence-corrected chi connectivity index (χ3v) is 5.86. The molecule has 1 amide bonds. The van der Waals surface area contributed by atoms with Crippen LogP contribution in [-0.4, -0.2) is 30.1 Å². The highest BCUT2D eigenvalue weighted by Gasteiger charge is 2.18. The van der Waals surface area contributed by atoms with Crippen LogP contribution in [-0.2, 0) is 4.79 Å². The molecule has 9 heteroatoms. The van der Waals surface area contributed by atoms with Gasteiger partial charge >= 0.3 is 0 Å². The van der Waals surface area contributed by atoms with E-state index in [2.05, 4.69) is 20.4 Å². The van der Waals surface area contributed by atoms with Crippen molar-refractivity contribution >= 4 is 27.9 Å². The lowest BCUT2D eigenvalue weighted by atomic mass is 10.1. The van der Waals surface area contributed by atoms with E-state index in [1.165, 1.54) is 10.7 Å². The molecule has 1 N–H and O–H groups in total. The number of rotatable bonds is 5. The average molecular weight is 443 g/mol. The van der Waals surface area contributed by atoms with Crippen LogP contribution in [0.15, 0.2) is 83.5 Å². The second-order valence-corrected chi connectivity index (χ2v) is 8.07. The van der Waals surface area contributed by atoms with Crippen molar-refractivity contribution in [2.75, 3.05) is 5.32 Å². The fourth-order valence-corrected chi connectivity index (χ4v) is 4.03. The van der Waals surface area contributed by atoms with E-state index in [1.54, 1.807) is 48.9 Å². The molecule has 1 unspecified atom stereocenters. The second-order valence-electron chi connectivity index (χ2n) is 7.20. The van der Waals surface area contributed by atoms with Crippen molar-refractivity contribution in [1.82, 2.24) is 24.1 Å². The van der Waals surface area contributed by atoms with Gasteiger partial charge in [0, 0.05) is 53.0 Å². The number of aromatic nitrogens is 5. The van der Waals surface area contributed by atoms with Crippen LogP contribution >= 0.6 is 11.3 Å². The summed E-state index contributed by atoms with van der Waals surface area (Å²) in [5.41, 5.74) is 3.51. The minimum Gasteiger partial charge on any atom is -0.324 e. The number of pyridine rings is 1. The zero-order chi connectivity index (χ0) is 22.1. The molecule has 1 atom stereocenters. The van der Waals surface area contributed by atoms with Crippen LogP contribution in [0.1, 0.15) is 13.0 Å². The Balaban J connectivity index is 1.33. The highest BCUT2D eigenvalue weighted by atomic mass is 32.1. The Morgan fingerprint density at radius 2 is 1.75 bits per heavy atom. The number of carbonyl (C=O) groups excluding carboxylic acids is 1. The Morgan fingerprint density at radius 3 is 2.50 bits per heavy atom. The lowest BCUT2D eigenvalue weighted by Crippen LogP contribution is -2.33. The molecule has 4 heterocycles. The van der Waals surface area contributed by atoms with Crippen molar-refractivity contribution in [3.8, 4) is 22.5 Å². The molecule has 8 nitrogen and oxygen atoms in total. The van der Waals surface area contributed by atoms with Crippen LogP contribution in [0.4, 0.5) is 5.69 Å². The quantitative estimate of drug-likeness (QED) is 0.446. The van der Waals surface area contributed by atoms with Gasteiger partial charge in [-0.05, 0) is 37.3 Å². The second kappa shape index (κ2) is 8.20. The molecule has 32 heavy (non-hydrogen) atoms. The molecule has 0 aliphatic heterocycles. The van der Waals surface area contributed by atoms with Crippen molar-refractivity contribution in [2.24, 2.45) is 0 Å². The summed E-state index contributed by atoms with van der Waals surface area (Å²) in [6.45, 7) is 1.65. The first-order valence-electron chi connectivity index (χ1n) is 9.92. The van der Waals surface area contributed by atoms with E-state index < -0.39 is 6.04 Å². The Labute approximate surface area is 186 Å². The predicted octanol–water partition coefficient (Wildman–Crippen LogP) is 3.88. The summed E-state index contributed by atoms with van der Waals surface area (Å²) < 4.78 is 3.17. The molecule has 5 aromatic rings. The number of hydrogen-bond donors (Lipinski definition) is 1. The summed E-state index contributed by atoms with van der Waals surface area (Å²) in [6.07, 6.45) is 7.24. The maximum absolute atomic E-state index is 12.8. The predicted molar refractivity (Wildman–Crippen MR) is 124 cm³/mol. The molecule has 0 bridgehead atoms. The highest BCUT2D eigenvalue weighted by molar-refractivity contribution is 7.15. The Hall–Kier alpha value is -4.11. The maximum Gasteiger partial charge on any atom is 0.267 e. The van der Waals surface area contributed by atoms with Gasteiger partial charge in [-0.15, -0.1) is 11.3 Å². The minimum atomic E-state index is -0.788. The summed E-state index contributed by atoms with van der Waals surface area (Å²) in [6, 6.07) is 13.3. The van der Waals surface area contributed by atoms with Crippen LogP contribution in [0.25, 0.3) is 27.5 Å². The van der Waals surface area contributed by atoms with Crippen LogP contribution in [0.2, 0.25) is 0 Å². The first-order chi connectivity index (χ1) is 15.6. The van der Waals surface area contributed by atoms with Crippen LogP contribution in [0, 0.1) is 0 Å². The SMILES string of the molecule is CC(C(=O)Nc1ccc(-c2cn3ccsc3n2)cc1)n1nc(-c2ccncc2)ccc1=O. The first kappa shape index (κ1) is 19.8. The van der Waals surface area contributed by atoms with E-state index in [0.717, 1.165) is 21.8 Å². The molecule has 0 aliphatic carbocycles. The summed E-state index contributed by atoms with van der Waals surface area (Å²) in [7, 11) is 0. The van der Waals surface area contributed by atoms with Crippen molar-refractivity contribution < 1.29 is 4.79 Å².